The highest BCUT2D eigenvalue weighted by Crippen LogP contribution is 2.22. The van der Waals surface area contributed by atoms with Gasteiger partial charge in [0.05, 0.1) is 11.4 Å². The fourth-order valence-electron chi connectivity index (χ4n) is 1.69. The van der Waals surface area contributed by atoms with Gasteiger partial charge in [0.25, 0.3) is 11.8 Å². The zero-order valence-corrected chi connectivity index (χ0v) is 11.6. The molecule has 0 bridgehead atoms. The van der Waals surface area contributed by atoms with E-state index in [1.54, 1.807) is 0 Å². The molecule has 21 heavy (non-hydrogen) atoms. The summed E-state index contributed by atoms with van der Waals surface area (Å²) in [6, 6.07) is 9.06. The monoisotopic (exact) mass is 303 g/mol. The molecule has 0 saturated heterocycles. The Morgan fingerprint density at radius 1 is 1.29 bits per heavy atom. The molecule has 7 heteroatoms. The molecule has 1 aromatic carbocycles. The summed E-state index contributed by atoms with van der Waals surface area (Å²) < 4.78 is 17.9. The van der Waals surface area contributed by atoms with E-state index in [2.05, 4.69) is 15.5 Å². The summed E-state index contributed by atoms with van der Waals surface area (Å²) in [7, 11) is 0. The molecule has 0 unspecified atom stereocenters. The van der Waals surface area contributed by atoms with Crippen molar-refractivity contribution in [3.8, 4) is 10.8 Å². The summed E-state index contributed by atoms with van der Waals surface area (Å²) in [5.41, 5.74) is 0.373. The Labute approximate surface area is 123 Å². The third-order valence-electron chi connectivity index (χ3n) is 2.71. The lowest BCUT2D eigenvalue weighted by Crippen LogP contribution is -2.23. The van der Waals surface area contributed by atoms with Crippen LogP contribution in [0.5, 0.6) is 0 Å². The average Bonchev–Trinajstić information content (AvgIpc) is 3.16. The van der Waals surface area contributed by atoms with E-state index in [-0.39, 0.29) is 18.3 Å². The zero-order chi connectivity index (χ0) is 14.7. The van der Waals surface area contributed by atoms with E-state index in [9.17, 15) is 9.18 Å². The molecule has 3 rings (SSSR count). The smallest absolute Gasteiger partial charge is 0.268 e. The van der Waals surface area contributed by atoms with E-state index in [4.69, 9.17) is 4.52 Å². The molecule has 2 aromatic heterocycles. The molecule has 106 valence electrons. The SMILES string of the molecule is O=C(NCc1noc(-c2cccs2)n1)c1ccc(F)cc1. The van der Waals surface area contributed by atoms with E-state index in [0.29, 0.717) is 17.3 Å². The van der Waals surface area contributed by atoms with Gasteiger partial charge in [-0.05, 0) is 35.7 Å². The Hall–Kier alpha value is -2.54. The van der Waals surface area contributed by atoms with Crippen LogP contribution in [0.4, 0.5) is 4.39 Å². The first-order valence-corrected chi connectivity index (χ1v) is 7.00. The van der Waals surface area contributed by atoms with Crippen LogP contribution in [0.3, 0.4) is 0 Å². The van der Waals surface area contributed by atoms with Crippen LogP contribution < -0.4 is 5.32 Å². The van der Waals surface area contributed by atoms with E-state index >= 15 is 0 Å². The van der Waals surface area contributed by atoms with Crippen molar-refractivity contribution in [2.45, 2.75) is 6.54 Å². The van der Waals surface area contributed by atoms with E-state index in [0.717, 1.165) is 4.88 Å². The molecule has 1 amide bonds. The third kappa shape index (κ3) is 3.14. The molecular formula is C14H10FN3O2S. The van der Waals surface area contributed by atoms with Gasteiger partial charge in [-0.2, -0.15) is 4.98 Å². The number of carbonyl (C=O) groups is 1. The number of hydrogen-bond acceptors (Lipinski definition) is 5. The molecule has 2 heterocycles. The Morgan fingerprint density at radius 2 is 2.10 bits per heavy atom. The van der Waals surface area contributed by atoms with Crippen LogP contribution in [-0.4, -0.2) is 16.0 Å². The topological polar surface area (TPSA) is 68.0 Å². The minimum absolute atomic E-state index is 0.144. The highest BCUT2D eigenvalue weighted by atomic mass is 32.1. The molecule has 0 radical (unpaired) electrons. The Bertz CT molecular complexity index is 738. The van der Waals surface area contributed by atoms with Gasteiger partial charge in [0.1, 0.15) is 5.82 Å². The van der Waals surface area contributed by atoms with Gasteiger partial charge in [-0.1, -0.05) is 11.2 Å². The lowest BCUT2D eigenvalue weighted by Gasteiger charge is -2.01. The molecule has 5 nitrogen and oxygen atoms in total. The first-order valence-electron chi connectivity index (χ1n) is 6.12. The summed E-state index contributed by atoms with van der Waals surface area (Å²) in [5, 5.41) is 8.36. The first kappa shape index (κ1) is 13.4. The van der Waals surface area contributed by atoms with Crippen molar-refractivity contribution in [3.63, 3.8) is 0 Å². The lowest BCUT2D eigenvalue weighted by atomic mass is 10.2. The van der Waals surface area contributed by atoms with Gasteiger partial charge in [0.15, 0.2) is 5.82 Å². The first-order chi connectivity index (χ1) is 10.2. The van der Waals surface area contributed by atoms with Crippen molar-refractivity contribution < 1.29 is 13.7 Å². The summed E-state index contributed by atoms with van der Waals surface area (Å²) in [6.45, 7) is 0.144. The highest BCUT2D eigenvalue weighted by Gasteiger charge is 2.11. The second-order valence-corrected chi connectivity index (χ2v) is 5.13. The minimum Gasteiger partial charge on any atom is -0.345 e. The summed E-state index contributed by atoms with van der Waals surface area (Å²) in [5.74, 6) is 0.104. The van der Waals surface area contributed by atoms with Gasteiger partial charge < -0.3 is 9.84 Å². The number of carbonyl (C=O) groups excluding carboxylic acids is 1. The lowest BCUT2D eigenvalue weighted by molar-refractivity contribution is 0.0949. The van der Waals surface area contributed by atoms with Gasteiger partial charge in [0, 0.05) is 5.56 Å². The third-order valence-corrected chi connectivity index (χ3v) is 3.57. The van der Waals surface area contributed by atoms with Gasteiger partial charge >= 0.3 is 0 Å². The van der Waals surface area contributed by atoms with Gasteiger partial charge in [0.2, 0.25) is 0 Å². The van der Waals surface area contributed by atoms with Gasteiger partial charge in [-0.3, -0.25) is 4.79 Å². The fraction of sp³-hybridized carbons (Fsp3) is 0.0714. The molecule has 0 aliphatic rings. The average molecular weight is 303 g/mol. The van der Waals surface area contributed by atoms with Crippen molar-refractivity contribution in [2.75, 3.05) is 0 Å². The number of nitrogens with one attached hydrogen (secondary N) is 1. The molecule has 0 aliphatic heterocycles. The van der Waals surface area contributed by atoms with Crippen LogP contribution in [0.1, 0.15) is 16.2 Å². The second kappa shape index (κ2) is 5.84. The second-order valence-electron chi connectivity index (χ2n) is 4.18. The number of aromatic nitrogens is 2. The summed E-state index contributed by atoms with van der Waals surface area (Å²) >= 11 is 1.49. The normalized spacial score (nSPS) is 10.5. The number of hydrogen-bond donors (Lipinski definition) is 1. The summed E-state index contributed by atoms with van der Waals surface area (Å²) in [4.78, 5) is 16.9. The van der Waals surface area contributed by atoms with Crippen molar-refractivity contribution in [2.24, 2.45) is 0 Å². The highest BCUT2D eigenvalue weighted by molar-refractivity contribution is 7.13. The number of rotatable bonds is 4. The number of halogens is 1. The van der Waals surface area contributed by atoms with Crippen LogP contribution in [-0.2, 0) is 6.54 Å². The van der Waals surface area contributed by atoms with Crippen molar-refractivity contribution in [1.29, 1.82) is 0 Å². The standard InChI is InChI=1S/C14H10FN3O2S/c15-10-5-3-9(4-6-10)13(19)16-8-12-17-14(20-18-12)11-2-1-7-21-11/h1-7H,8H2,(H,16,19). The Kier molecular flexibility index (Phi) is 3.74. The maximum Gasteiger partial charge on any atom is 0.268 e. The number of nitrogens with zero attached hydrogens (tertiary/aromatic N) is 2. The van der Waals surface area contributed by atoms with Crippen LogP contribution in [0.2, 0.25) is 0 Å². The molecule has 3 aromatic rings. The minimum atomic E-state index is -0.384. The van der Waals surface area contributed by atoms with Crippen LogP contribution >= 0.6 is 11.3 Å². The van der Waals surface area contributed by atoms with Gasteiger partial charge in [-0.15, -0.1) is 11.3 Å². The molecule has 0 atom stereocenters. The number of benzene rings is 1. The number of amides is 1. The predicted molar refractivity (Wildman–Crippen MR) is 75.2 cm³/mol. The van der Waals surface area contributed by atoms with Crippen molar-refractivity contribution in [3.05, 3.63) is 59.0 Å². The number of thiophene rings is 1. The molecule has 0 spiro atoms. The molecule has 0 fully saturated rings. The quantitative estimate of drug-likeness (QED) is 0.804. The van der Waals surface area contributed by atoms with Crippen molar-refractivity contribution in [1.82, 2.24) is 15.5 Å². The molecule has 0 saturated carbocycles. The zero-order valence-electron chi connectivity index (χ0n) is 10.7. The Morgan fingerprint density at radius 3 is 2.81 bits per heavy atom. The van der Waals surface area contributed by atoms with E-state index < -0.39 is 0 Å². The Balaban J connectivity index is 1.62. The molecule has 0 aliphatic carbocycles. The van der Waals surface area contributed by atoms with Gasteiger partial charge in [-0.25, -0.2) is 4.39 Å². The summed E-state index contributed by atoms with van der Waals surface area (Å²) in [6.07, 6.45) is 0. The molecular weight excluding hydrogens is 293 g/mol. The van der Waals surface area contributed by atoms with Crippen LogP contribution in [0, 0.1) is 5.82 Å². The fourth-order valence-corrected chi connectivity index (χ4v) is 2.33. The van der Waals surface area contributed by atoms with E-state index in [1.165, 1.54) is 35.6 Å². The van der Waals surface area contributed by atoms with Crippen LogP contribution in [0.15, 0.2) is 46.3 Å². The largest absolute Gasteiger partial charge is 0.345 e. The maximum atomic E-state index is 12.8. The van der Waals surface area contributed by atoms with Crippen LogP contribution in [0.25, 0.3) is 10.8 Å². The molecule has 1 N–H and O–H groups in total. The van der Waals surface area contributed by atoms with Crippen molar-refractivity contribution >= 4 is 17.2 Å². The maximum absolute atomic E-state index is 12.8. The predicted octanol–water partition coefficient (Wildman–Crippen LogP) is 2.87. The van der Waals surface area contributed by atoms with E-state index in [1.807, 2.05) is 17.5 Å².